The molecule has 0 saturated heterocycles. The van der Waals surface area contributed by atoms with Crippen molar-refractivity contribution in [3.8, 4) is 11.4 Å². The molecule has 0 unspecified atom stereocenters. The minimum atomic E-state index is -0.209. The summed E-state index contributed by atoms with van der Waals surface area (Å²) in [6.07, 6.45) is 0.382. The Hall–Kier alpha value is -2.37. The topological polar surface area (TPSA) is 77.9 Å². The molecule has 0 atom stereocenters. The Morgan fingerprint density at radius 3 is 2.32 bits per heavy atom. The second-order valence-electron chi connectivity index (χ2n) is 3.98. The van der Waals surface area contributed by atoms with E-state index in [4.69, 9.17) is 4.74 Å². The molecule has 0 spiro atoms. The standard InChI is InChI=1S/C13H14N4O2/c1-3-12(18)19-8-10-4-6-11(7-5-10)13-16-14-9(2)15-17-13/h4-7H,3,8H2,1-2H3. The van der Waals surface area contributed by atoms with Crippen LogP contribution in [0, 0.1) is 6.92 Å². The number of ether oxygens (including phenoxy) is 1. The minimum absolute atomic E-state index is 0.209. The third-order valence-corrected chi connectivity index (χ3v) is 2.48. The van der Waals surface area contributed by atoms with Gasteiger partial charge in [-0.15, -0.1) is 20.4 Å². The summed E-state index contributed by atoms with van der Waals surface area (Å²) in [4.78, 5) is 11.0. The zero-order valence-corrected chi connectivity index (χ0v) is 10.8. The first-order valence-electron chi connectivity index (χ1n) is 5.98. The fourth-order valence-electron chi connectivity index (χ4n) is 1.41. The van der Waals surface area contributed by atoms with Crippen LogP contribution in [-0.2, 0) is 16.1 Å². The molecule has 19 heavy (non-hydrogen) atoms. The van der Waals surface area contributed by atoms with Gasteiger partial charge in [0.25, 0.3) is 0 Å². The Morgan fingerprint density at radius 2 is 1.74 bits per heavy atom. The van der Waals surface area contributed by atoms with Crippen LogP contribution in [-0.4, -0.2) is 26.4 Å². The molecule has 6 nitrogen and oxygen atoms in total. The quantitative estimate of drug-likeness (QED) is 0.777. The van der Waals surface area contributed by atoms with Gasteiger partial charge in [-0.1, -0.05) is 31.2 Å². The van der Waals surface area contributed by atoms with Crippen LogP contribution in [0.2, 0.25) is 0 Å². The van der Waals surface area contributed by atoms with Gasteiger partial charge >= 0.3 is 5.97 Å². The third-order valence-electron chi connectivity index (χ3n) is 2.48. The van der Waals surface area contributed by atoms with E-state index in [0.717, 1.165) is 11.1 Å². The van der Waals surface area contributed by atoms with Gasteiger partial charge in [-0.05, 0) is 12.5 Å². The Kier molecular flexibility index (Phi) is 4.12. The smallest absolute Gasteiger partial charge is 0.305 e. The molecule has 0 aliphatic rings. The third kappa shape index (κ3) is 3.54. The monoisotopic (exact) mass is 258 g/mol. The number of hydrogen-bond acceptors (Lipinski definition) is 6. The second-order valence-corrected chi connectivity index (χ2v) is 3.98. The van der Waals surface area contributed by atoms with E-state index in [1.807, 2.05) is 24.3 Å². The Balaban J connectivity index is 2.06. The summed E-state index contributed by atoms with van der Waals surface area (Å²) in [6, 6.07) is 7.43. The van der Waals surface area contributed by atoms with Gasteiger partial charge in [0.2, 0.25) is 5.82 Å². The molecular weight excluding hydrogens is 244 g/mol. The number of carbonyl (C=O) groups excluding carboxylic acids is 1. The Labute approximate surface area is 110 Å². The molecule has 0 aliphatic heterocycles. The van der Waals surface area contributed by atoms with Crippen molar-refractivity contribution in [1.29, 1.82) is 0 Å². The first-order valence-corrected chi connectivity index (χ1v) is 5.98. The average molecular weight is 258 g/mol. The van der Waals surface area contributed by atoms with Gasteiger partial charge < -0.3 is 4.74 Å². The molecule has 0 aliphatic carbocycles. The number of benzene rings is 1. The lowest BCUT2D eigenvalue weighted by Crippen LogP contribution is -2.02. The van der Waals surface area contributed by atoms with Gasteiger partial charge in [-0.25, -0.2) is 0 Å². The van der Waals surface area contributed by atoms with Crippen LogP contribution >= 0.6 is 0 Å². The molecule has 98 valence electrons. The molecule has 0 N–H and O–H groups in total. The molecule has 0 fully saturated rings. The number of carbonyl (C=O) groups is 1. The maximum absolute atomic E-state index is 11.0. The maximum Gasteiger partial charge on any atom is 0.305 e. The normalized spacial score (nSPS) is 10.2. The highest BCUT2D eigenvalue weighted by molar-refractivity contribution is 5.68. The molecule has 0 bridgehead atoms. The number of esters is 1. The van der Waals surface area contributed by atoms with Crippen LogP contribution in [0.25, 0.3) is 11.4 Å². The van der Waals surface area contributed by atoms with E-state index in [1.165, 1.54) is 0 Å². The fraction of sp³-hybridized carbons (Fsp3) is 0.308. The molecule has 1 heterocycles. The SMILES string of the molecule is CCC(=O)OCc1ccc(-c2nnc(C)nn2)cc1. The van der Waals surface area contributed by atoms with Crippen molar-refractivity contribution in [3.05, 3.63) is 35.7 Å². The summed E-state index contributed by atoms with van der Waals surface area (Å²) in [5.41, 5.74) is 1.74. The lowest BCUT2D eigenvalue weighted by atomic mass is 10.1. The number of aromatic nitrogens is 4. The predicted molar refractivity (Wildman–Crippen MR) is 67.9 cm³/mol. The molecular formula is C13H14N4O2. The molecule has 6 heteroatoms. The molecule has 1 aromatic carbocycles. The van der Waals surface area contributed by atoms with Crippen LogP contribution < -0.4 is 0 Å². The van der Waals surface area contributed by atoms with E-state index in [2.05, 4.69) is 20.4 Å². The first kappa shape index (κ1) is 13.1. The van der Waals surface area contributed by atoms with Gasteiger partial charge in [-0.3, -0.25) is 4.79 Å². The van der Waals surface area contributed by atoms with Crippen LogP contribution in [0.1, 0.15) is 24.7 Å². The van der Waals surface area contributed by atoms with Crippen molar-refractivity contribution in [2.75, 3.05) is 0 Å². The molecule has 0 saturated carbocycles. The highest BCUT2D eigenvalue weighted by Gasteiger charge is 2.04. The summed E-state index contributed by atoms with van der Waals surface area (Å²) in [5.74, 6) is 0.800. The van der Waals surface area contributed by atoms with Crippen LogP contribution in [0.5, 0.6) is 0 Å². The van der Waals surface area contributed by atoms with Crippen molar-refractivity contribution in [2.45, 2.75) is 26.9 Å². The molecule has 0 radical (unpaired) electrons. The fourth-order valence-corrected chi connectivity index (χ4v) is 1.41. The summed E-state index contributed by atoms with van der Waals surface area (Å²) in [5, 5.41) is 15.6. The van der Waals surface area contributed by atoms with E-state index in [9.17, 15) is 4.79 Å². The number of rotatable bonds is 4. The van der Waals surface area contributed by atoms with E-state index in [-0.39, 0.29) is 12.6 Å². The zero-order valence-electron chi connectivity index (χ0n) is 10.8. The van der Waals surface area contributed by atoms with Gasteiger partial charge in [0.1, 0.15) is 6.61 Å². The summed E-state index contributed by atoms with van der Waals surface area (Å²) < 4.78 is 5.04. The van der Waals surface area contributed by atoms with Gasteiger partial charge in [0.05, 0.1) is 0 Å². The van der Waals surface area contributed by atoms with Gasteiger partial charge in [0.15, 0.2) is 5.82 Å². The van der Waals surface area contributed by atoms with E-state index in [1.54, 1.807) is 13.8 Å². The molecule has 2 aromatic rings. The average Bonchev–Trinajstić information content (AvgIpc) is 2.46. The van der Waals surface area contributed by atoms with Crippen LogP contribution in [0.3, 0.4) is 0 Å². The lowest BCUT2D eigenvalue weighted by Gasteiger charge is -2.04. The highest BCUT2D eigenvalue weighted by Crippen LogP contribution is 2.14. The zero-order chi connectivity index (χ0) is 13.7. The summed E-state index contributed by atoms with van der Waals surface area (Å²) in [7, 11) is 0. The maximum atomic E-state index is 11.0. The van der Waals surface area contributed by atoms with Crippen molar-refractivity contribution >= 4 is 5.97 Å². The number of aryl methyl sites for hydroxylation is 1. The highest BCUT2D eigenvalue weighted by atomic mass is 16.5. The van der Waals surface area contributed by atoms with Crippen LogP contribution in [0.4, 0.5) is 0 Å². The summed E-state index contributed by atoms with van der Waals surface area (Å²) in [6.45, 7) is 3.77. The molecule has 1 aromatic heterocycles. The van der Waals surface area contributed by atoms with Gasteiger partial charge in [-0.2, -0.15) is 0 Å². The van der Waals surface area contributed by atoms with Crippen molar-refractivity contribution in [3.63, 3.8) is 0 Å². The second kappa shape index (κ2) is 5.99. The Morgan fingerprint density at radius 1 is 1.11 bits per heavy atom. The predicted octanol–water partition coefficient (Wildman–Crippen LogP) is 1.70. The Bertz CT molecular complexity index is 552. The van der Waals surface area contributed by atoms with Crippen molar-refractivity contribution in [2.24, 2.45) is 0 Å². The number of hydrogen-bond donors (Lipinski definition) is 0. The first-order chi connectivity index (χ1) is 9.19. The largest absolute Gasteiger partial charge is 0.461 e. The van der Waals surface area contributed by atoms with Crippen molar-refractivity contribution < 1.29 is 9.53 Å². The molecule has 0 amide bonds. The van der Waals surface area contributed by atoms with E-state index >= 15 is 0 Å². The van der Waals surface area contributed by atoms with E-state index in [0.29, 0.717) is 18.1 Å². The number of nitrogens with zero attached hydrogens (tertiary/aromatic N) is 4. The molecule has 2 rings (SSSR count). The lowest BCUT2D eigenvalue weighted by molar-refractivity contribution is -0.144. The minimum Gasteiger partial charge on any atom is -0.461 e. The van der Waals surface area contributed by atoms with Crippen molar-refractivity contribution in [1.82, 2.24) is 20.4 Å². The van der Waals surface area contributed by atoms with E-state index < -0.39 is 0 Å². The van der Waals surface area contributed by atoms with Crippen LogP contribution in [0.15, 0.2) is 24.3 Å². The summed E-state index contributed by atoms with van der Waals surface area (Å²) >= 11 is 0. The van der Waals surface area contributed by atoms with Gasteiger partial charge in [0, 0.05) is 12.0 Å².